The van der Waals surface area contributed by atoms with E-state index in [2.05, 4.69) is 15.6 Å². The van der Waals surface area contributed by atoms with Crippen molar-refractivity contribution in [2.75, 3.05) is 13.7 Å². The number of fused-ring (bicyclic) bond motifs is 1. The second kappa shape index (κ2) is 9.31. The second-order valence-corrected chi connectivity index (χ2v) is 8.35. The molecular weight excluding hydrogens is 451 g/mol. The zero-order valence-electron chi connectivity index (χ0n) is 17.1. The number of nitriles is 1. The number of rotatable bonds is 5. The molecule has 1 amide bonds. The second-order valence-electron chi connectivity index (χ2n) is 7.58. The maximum absolute atomic E-state index is 13.4. The summed E-state index contributed by atoms with van der Waals surface area (Å²) in [5.41, 5.74) is 1.41. The standard InChI is InChI=1S/C23H20Cl2N4O3/c1-32-20-9-16-12(4-5-27-22(16)25)6-17(20)23(31)29-21(19-8-15(30)11-28-19)13-2-3-14(10-26)18(24)7-13/h2-7,9,15,19,21,28,30H,8,11H2,1H3,(H,29,31)/t15-,19+,21?/m0/s1. The molecule has 1 aliphatic heterocycles. The van der Waals surface area contributed by atoms with Crippen LogP contribution < -0.4 is 15.4 Å². The van der Waals surface area contributed by atoms with Gasteiger partial charge in [0.2, 0.25) is 0 Å². The van der Waals surface area contributed by atoms with Gasteiger partial charge in [-0.15, -0.1) is 0 Å². The molecule has 2 aromatic carbocycles. The van der Waals surface area contributed by atoms with E-state index in [-0.39, 0.29) is 11.9 Å². The lowest BCUT2D eigenvalue weighted by Gasteiger charge is -2.26. The maximum atomic E-state index is 13.4. The van der Waals surface area contributed by atoms with Gasteiger partial charge in [-0.2, -0.15) is 5.26 Å². The molecule has 9 heteroatoms. The number of nitrogens with zero attached hydrogens (tertiary/aromatic N) is 2. The van der Waals surface area contributed by atoms with E-state index < -0.39 is 12.1 Å². The van der Waals surface area contributed by atoms with Crippen molar-refractivity contribution >= 4 is 39.9 Å². The number of carbonyl (C=O) groups is 1. The number of hydrogen-bond acceptors (Lipinski definition) is 6. The molecule has 7 nitrogen and oxygen atoms in total. The molecule has 0 saturated carbocycles. The third kappa shape index (κ3) is 4.36. The highest BCUT2D eigenvalue weighted by atomic mass is 35.5. The van der Waals surface area contributed by atoms with Crippen LogP contribution in [-0.2, 0) is 0 Å². The van der Waals surface area contributed by atoms with E-state index in [4.69, 9.17) is 27.9 Å². The number of aromatic nitrogens is 1. The smallest absolute Gasteiger partial charge is 0.255 e. The molecule has 1 aliphatic rings. The zero-order valence-corrected chi connectivity index (χ0v) is 18.6. The summed E-state index contributed by atoms with van der Waals surface area (Å²) in [5, 5.41) is 27.5. The van der Waals surface area contributed by atoms with Crippen molar-refractivity contribution in [3.05, 3.63) is 69.5 Å². The summed E-state index contributed by atoms with van der Waals surface area (Å²) in [6.07, 6.45) is 1.52. The molecule has 1 fully saturated rings. The molecule has 4 rings (SSSR count). The van der Waals surface area contributed by atoms with E-state index in [1.54, 1.807) is 42.6 Å². The van der Waals surface area contributed by atoms with Crippen LogP contribution in [0, 0.1) is 11.3 Å². The summed E-state index contributed by atoms with van der Waals surface area (Å²) in [5.74, 6) is 0.00582. The van der Waals surface area contributed by atoms with Crippen LogP contribution in [0.25, 0.3) is 10.8 Å². The lowest BCUT2D eigenvalue weighted by atomic mass is 9.96. The van der Waals surface area contributed by atoms with Crippen molar-refractivity contribution in [1.29, 1.82) is 5.26 Å². The van der Waals surface area contributed by atoms with Gasteiger partial charge in [-0.05, 0) is 47.7 Å². The first-order valence-electron chi connectivity index (χ1n) is 9.95. The largest absolute Gasteiger partial charge is 0.496 e. The molecule has 1 aromatic heterocycles. The Balaban J connectivity index is 1.72. The Morgan fingerprint density at radius 1 is 1.34 bits per heavy atom. The average Bonchev–Trinajstić information content (AvgIpc) is 3.22. The Morgan fingerprint density at radius 3 is 2.81 bits per heavy atom. The van der Waals surface area contributed by atoms with E-state index in [0.29, 0.717) is 45.4 Å². The summed E-state index contributed by atoms with van der Waals surface area (Å²) >= 11 is 12.4. The minimum Gasteiger partial charge on any atom is -0.496 e. The van der Waals surface area contributed by atoms with Gasteiger partial charge in [0.05, 0.1) is 35.4 Å². The molecule has 0 bridgehead atoms. The highest BCUT2D eigenvalue weighted by Crippen LogP contribution is 2.31. The van der Waals surface area contributed by atoms with Crippen LogP contribution in [-0.4, -0.2) is 41.8 Å². The Hall–Kier alpha value is -2.89. The van der Waals surface area contributed by atoms with Gasteiger partial charge in [0.15, 0.2) is 0 Å². The van der Waals surface area contributed by atoms with Gasteiger partial charge in [-0.25, -0.2) is 4.98 Å². The van der Waals surface area contributed by atoms with Gasteiger partial charge in [0.1, 0.15) is 17.0 Å². The minimum atomic E-state index is -0.516. The zero-order chi connectivity index (χ0) is 22.8. The molecule has 1 unspecified atom stereocenters. The van der Waals surface area contributed by atoms with Crippen LogP contribution in [0.15, 0.2) is 42.6 Å². The van der Waals surface area contributed by atoms with Crippen LogP contribution in [0.2, 0.25) is 10.2 Å². The van der Waals surface area contributed by atoms with Gasteiger partial charge >= 0.3 is 0 Å². The van der Waals surface area contributed by atoms with Crippen LogP contribution in [0.5, 0.6) is 5.75 Å². The predicted octanol–water partition coefficient (Wildman–Crippen LogP) is 3.62. The van der Waals surface area contributed by atoms with Crippen molar-refractivity contribution in [1.82, 2.24) is 15.6 Å². The quantitative estimate of drug-likeness (QED) is 0.491. The van der Waals surface area contributed by atoms with Crippen molar-refractivity contribution < 1.29 is 14.6 Å². The molecule has 1 saturated heterocycles. The summed E-state index contributed by atoms with van der Waals surface area (Å²) in [6, 6.07) is 11.5. The first-order valence-corrected chi connectivity index (χ1v) is 10.7. The fourth-order valence-electron chi connectivity index (χ4n) is 3.96. The van der Waals surface area contributed by atoms with Gasteiger partial charge in [0.25, 0.3) is 5.91 Å². The molecular formula is C23H20Cl2N4O3. The average molecular weight is 471 g/mol. The van der Waals surface area contributed by atoms with Crippen LogP contribution in [0.3, 0.4) is 0 Å². The van der Waals surface area contributed by atoms with Crippen molar-refractivity contribution in [2.24, 2.45) is 0 Å². The summed E-state index contributed by atoms with van der Waals surface area (Å²) in [4.78, 5) is 17.4. The van der Waals surface area contributed by atoms with Crippen LogP contribution in [0.1, 0.15) is 33.9 Å². The predicted molar refractivity (Wildman–Crippen MR) is 122 cm³/mol. The number of hydrogen-bond donors (Lipinski definition) is 3. The first-order chi connectivity index (χ1) is 15.4. The molecule has 164 valence electrons. The summed E-state index contributed by atoms with van der Waals surface area (Å²) in [7, 11) is 1.48. The highest BCUT2D eigenvalue weighted by Gasteiger charge is 2.32. The maximum Gasteiger partial charge on any atom is 0.255 e. The number of β-amino-alcohol motifs (C(OH)–C–C–N with tert-alkyl or cyclic N) is 1. The van der Waals surface area contributed by atoms with Gasteiger partial charge in [0, 0.05) is 24.2 Å². The summed E-state index contributed by atoms with van der Waals surface area (Å²) in [6.45, 7) is 0.422. The molecule has 0 aliphatic carbocycles. The fraction of sp³-hybridized carbons (Fsp3) is 0.261. The number of aliphatic hydroxyl groups is 1. The Morgan fingerprint density at radius 2 is 2.16 bits per heavy atom. The number of pyridine rings is 1. The number of aliphatic hydroxyl groups excluding tert-OH is 1. The number of ether oxygens (including phenoxy) is 1. The normalized spacial score (nSPS) is 18.8. The number of nitrogens with one attached hydrogen (secondary N) is 2. The number of methoxy groups -OCH3 is 1. The van der Waals surface area contributed by atoms with Gasteiger partial charge in [-0.1, -0.05) is 29.3 Å². The Kier molecular flexibility index (Phi) is 6.49. The van der Waals surface area contributed by atoms with Crippen LogP contribution >= 0.6 is 23.2 Å². The third-order valence-corrected chi connectivity index (χ3v) is 6.20. The minimum absolute atomic E-state index is 0.219. The molecule has 2 heterocycles. The van der Waals surface area contributed by atoms with E-state index >= 15 is 0 Å². The third-order valence-electron chi connectivity index (χ3n) is 5.58. The molecule has 3 N–H and O–H groups in total. The molecule has 3 atom stereocenters. The Labute approximate surface area is 194 Å². The van der Waals surface area contributed by atoms with Crippen molar-refractivity contribution in [2.45, 2.75) is 24.6 Å². The van der Waals surface area contributed by atoms with E-state index in [9.17, 15) is 15.2 Å². The molecule has 3 aromatic rings. The summed E-state index contributed by atoms with van der Waals surface area (Å²) < 4.78 is 5.45. The molecule has 0 radical (unpaired) electrons. The molecule has 32 heavy (non-hydrogen) atoms. The van der Waals surface area contributed by atoms with Gasteiger partial charge < -0.3 is 20.5 Å². The number of halogens is 2. The highest BCUT2D eigenvalue weighted by molar-refractivity contribution is 6.34. The number of benzene rings is 2. The topological polar surface area (TPSA) is 107 Å². The lowest BCUT2D eigenvalue weighted by molar-refractivity contribution is 0.0923. The van der Waals surface area contributed by atoms with E-state index in [1.165, 1.54) is 7.11 Å². The SMILES string of the molecule is COc1cc2c(Cl)nccc2cc1C(=O)NC(c1ccc(C#N)c(Cl)c1)[C@H]1C[C@H](O)CN1. The molecule has 0 spiro atoms. The lowest BCUT2D eigenvalue weighted by Crippen LogP contribution is -2.41. The van der Waals surface area contributed by atoms with Crippen LogP contribution in [0.4, 0.5) is 0 Å². The fourth-order valence-corrected chi connectivity index (χ4v) is 4.42. The van der Waals surface area contributed by atoms with Gasteiger partial charge in [-0.3, -0.25) is 4.79 Å². The van der Waals surface area contributed by atoms with E-state index in [1.807, 2.05) is 6.07 Å². The van der Waals surface area contributed by atoms with Crippen molar-refractivity contribution in [3.63, 3.8) is 0 Å². The number of amides is 1. The first kappa shape index (κ1) is 22.3. The monoisotopic (exact) mass is 470 g/mol. The Bertz CT molecular complexity index is 1230. The van der Waals surface area contributed by atoms with E-state index in [0.717, 1.165) is 10.9 Å². The van der Waals surface area contributed by atoms with Crippen molar-refractivity contribution in [3.8, 4) is 11.8 Å². The number of carbonyl (C=O) groups excluding carboxylic acids is 1.